The van der Waals surface area contributed by atoms with Gasteiger partial charge >= 0.3 is 0 Å². The Bertz CT molecular complexity index is 1040. The number of rotatable bonds is 5. The Morgan fingerprint density at radius 3 is 2.50 bits per heavy atom. The smallest absolute Gasteiger partial charge is 0.266 e. The Hall–Kier alpha value is -3.28. The fourth-order valence-corrected chi connectivity index (χ4v) is 3.64. The monoisotopic (exact) mass is 378 g/mol. The number of ketones is 1. The van der Waals surface area contributed by atoms with Gasteiger partial charge in [-0.05, 0) is 61.9 Å². The highest BCUT2D eigenvalue weighted by atomic mass is 19.1. The maximum absolute atomic E-state index is 13.2. The lowest BCUT2D eigenvalue weighted by Crippen LogP contribution is -2.42. The number of hydrogen-bond acceptors (Lipinski definition) is 2. The van der Waals surface area contributed by atoms with Crippen molar-refractivity contribution in [1.29, 1.82) is 0 Å². The summed E-state index contributed by atoms with van der Waals surface area (Å²) >= 11 is 0. The lowest BCUT2D eigenvalue weighted by Gasteiger charge is -2.05. The van der Waals surface area contributed by atoms with Gasteiger partial charge < -0.3 is 5.32 Å². The second kappa shape index (κ2) is 7.38. The van der Waals surface area contributed by atoms with Crippen LogP contribution in [0.5, 0.6) is 0 Å². The Morgan fingerprint density at radius 2 is 1.82 bits per heavy atom. The molecule has 0 unspecified atom stereocenters. The van der Waals surface area contributed by atoms with Gasteiger partial charge in [-0.1, -0.05) is 0 Å². The lowest BCUT2D eigenvalue weighted by molar-refractivity contribution is -0.690. The van der Waals surface area contributed by atoms with Gasteiger partial charge in [0.05, 0.1) is 13.0 Å². The molecule has 0 saturated carbocycles. The fourth-order valence-electron chi connectivity index (χ4n) is 3.64. The predicted octanol–water partition coefficient (Wildman–Crippen LogP) is 3.37. The van der Waals surface area contributed by atoms with Crippen LogP contribution in [0.4, 0.5) is 10.1 Å². The van der Waals surface area contributed by atoms with Crippen molar-refractivity contribution in [3.05, 3.63) is 71.9 Å². The zero-order valence-electron chi connectivity index (χ0n) is 15.6. The van der Waals surface area contributed by atoms with Crippen LogP contribution < -0.4 is 9.88 Å². The molecular formula is C22H21FN3O2+. The summed E-state index contributed by atoms with van der Waals surface area (Å²) in [6.45, 7) is 2.60. The van der Waals surface area contributed by atoms with Crippen LogP contribution in [0.2, 0.25) is 0 Å². The molecule has 0 radical (unpaired) electrons. The molecular weight excluding hydrogens is 357 g/mol. The minimum atomic E-state index is -0.264. The van der Waals surface area contributed by atoms with E-state index in [0.29, 0.717) is 11.3 Å². The van der Waals surface area contributed by atoms with E-state index in [1.165, 1.54) is 19.1 Å². The minimum Gasteiger partial charge on any atom is -0.323 e. The standard InChI is InChI=1S/C22H20FN3O2/c1-15(27)16-6-10-19(11-7-16)24-21(28)14-25-13-20(26-12-2-3-22(25)26)17-4-8-18(23)9-5-17/h4-11,13H,2-3,12,14H2,1H3/p+1. The molecule has 0 atom stereocenters. The van der Waals surface area contributed by atoms with Crippen molar-refractivity contribution in [2.75, 3.05) is 5.32 Å². The van der Waals surface area contributed by atoms with Crippen LogP contribution in [-0.2, 0) is 24.3 Å². The molecule has 5 nitrogen and oxygen atoms in total. The van der Waals surface area contributed by atoms with Gasteiger partial charge in [-0.3, -0.25) is 9.59 Å². The summed E-state index contributed by atoms with van der Waals surface area (Å²) in [5.41, 5.74) is 3.20. The number of benzene rings is 2. The second-order valence-electron chi connectivity index (χ2n) is 7.00. The SMILES string of the molecule is CC(=O)c1ccc(NC(=O)C[n+]2cc(-c3ccc(F)cc3)n3c2CCC3)cc1. The molecule has 0 fully saturated rings. The van der Waals surface area contributed by atoms with E-state index >= 15 is 0 Å². The van der Waals surface area contributed by atoms with Crippen LogP contribution in [-0.4, -0.2) is 16.3 Å². The van der Waals surface area contributed by atoms with Gasteiger partial charge in [-0.15, -0.1) is 0 Å². The molecule has 1 aliphatic rings. The topological polar surface area (TPSA) is 55.0 Å². The molecule has 1 aromatic heterocycles. The summed E-state index contributed by atoms with van der Waals surface area (Å²) in [6, 6.07) is 13.3. The molecule has 1 amide bonds. The third kappa shape index (κ3) is 3.58. The van der Waals surface area contributed by atoms with E-state index in [1.54, 1.807) is 36.4 Å². The van der Waals surface area contributed by atoms with Crippen LogP contribution in [0.25, 0.3) is 11.3 Å². The molecule has 0 spiro atoms. The molecule has 142 valence electrons. The number of imidazole rings is 1. The number of aromatic nitrogens is 2. The average molecular weight is 378 g/mol. The van der Waals surface area contributed by atoms with Gasteiger partial charge in [0.2, 0.25) is 0 Å². The van der Waals surface area contributed by atoms with E-state index < -0.39 is 0 Å². The van der Waals surface area contributed by atoms with Crippen molar-refractivity contribution in [2.24, 2.45) is 0 Å². The number of halogens is 1. The van der Waals surface area contributed by atoms with E-state index in [-0.39, 0.29) is 24.1 Å². The Kier molecular flexibility index (Phi) is 4.77. The molecule has 2 aromatic carbocycles. The van der Waals surface area contributed by atoms with Crippen molar-refractivity contribution < 1.29 is 18.5 Å². The van der Waals surface area contributed by atoms with Gasteiger partial charge in [0.1, 0.15) is 12.0 Å². The predicted molar refractivity (Wildman–Crippen MR) is 103 cm³/mol. The van der Waals surface area contributed by atoms with Crippen LogP contribution in [0.15, 0.2) is 54.7 Å². The lowest BCUT2D eigenvalue weighted by atomic mass is 10.1. The number of anilines is 1. The molecule has 28 heavy (non-hydrogen) atoms. The third-order valence-electron chi connectivity index (χ3n) is 5.02. The zero-order chi connectivity index (χ0) is 19.7. The number of carbonyl (C=O) groups is 2. The summed E-state index contributed by atoms with van der Waals surface area (Å²) in [4.78, 5) is 23.9. The number of fused-ring (bicyclic) bond motifs is 1. The van der Waals surface area contributed by atoms with Gasteiger partial charge in [0.25, 0.3) is 11.7 Å². The summed E-state index contributed by atoms with van der Waals surface area (Å²) in [5.74, 6) is 0.694. The molecule has 0 saturated heterocycles. The number of Topliss-reactive ketones (excluding diaryl/α,β-unsaturated/α-hetero) is 1. The first-order chi connectivity index (χ1) is 13.5. The number of carbonyl (C=O) groups excluding carboxylic acids is 2. The highest BCUT2D eigenvalue weighted by molar-refractivity contribution is 5.95. The van der Waals surface area contributed by atoms with Crippen molar-refractivity contribution in [3.63, 3.8) is 0 Å². The van der Waals surface area contributed by atoms with Gasteiger partial charge in [-0.25, -0.2) is 13.5 Å². The highest BCUT2D eigenvalue weighted by Gasteiger charge is 2.29. The normalized spacial score (nSPS) is 12.6. The van der Waals surface area contributed by atoms with Crippen molar-refractivity contribution >= 4 is 17.4 Å². The summed E-state index contributed by atoms with van der Waals surface area (Å²) < 4.78 is 17.4. The first-order valence-corrected chi connectivity index (χ1v) is 9.30. The zero-order valence-corrected chi connectivity index (χ0v) is 15.6. The molecule has 3 aromatic rings. The van der Waals surface area contributed by atoms with Crippen LogP contribution in [0.3, 0.4) is 0 Å². The maximum atomic E-state index is 13.2. The average Bonchev–Trinajstić information content (AvgIpc) is 3.27. The summed E-state index contributed by atoms with van der Waals surface area (Å²) in [7, 11) is 0. The molecule has 0 aliphatic carbocycles. The van der Waals surface area contributed by atoms with E-state index in [1.807, 2.05) is 10.8 Å². The van der Waals surface area contributed by atoms with Crippen LogP contribution in [0.1, 0.15) is 29.5 Å². The van der Waals surface area contributed by atoms with E-state index in [0.717, 1.165) is 36.5 Å². The minimum absolute atomic E-state index is 0.00821. The second-order valence-corrected chi connectivity index (χ2v) is 7.00. The number of nitrogens with zero attached hydrogens (tertiary/aromatic N) is 2. The molecule has 4 rings (SSSR count). The number of hydrogen-bond donors (Lipinski definition) is 1. The number of nitrogens with one attached hydrogen (secondary N) is 1. The van der Waals surface area contributed by atoms with Gasteiger partial charge in [0, 0.05) is 16.8 Å². The summed E-state index contributed by atoms with van der Waals surface area (Å²) in [5, 5.41) is 2.87. The molecule has 6 heteroatoms. The van der Waals surface area contributed by atoms with E-state index in [2.05, 4.69) is 9.88 Å². The Labute approximate surface area is 162 Å². The summed E-state index contributed by atoms with van der Waals surface area (Å²) in [6.07, 6.45) is 3.89. The Balaban J connectivity index is 1.53. The largest absolute Gasteiger partial charge is 0.323 e. The molecule has 1 N–H and O–H groups in total. The third-order valence-corrected chi connectivity index (χ3v) is 5.02. The maximum Gasteiger partial charge on any atom is 0.266 e. The van der Waals surface area contributed by atoms with Crippen LogP contribution in [0, 0.1) is 5.82 Å². The fraction of sp³-hybridized carbons (Fsp3) is 0.227. The van der Waals surface area contributed by atoms with E-state index in [9.17, 15) is 14.0 Å². The molecule has 0 bridgehead atoms. The van der Waals surface area contributed by atoms with Gasteiger partial charge in [-0.2, -0.15) is 0 Å². The van der Waals surface area contributed by atoms with Crippen molar-refractivity contribution in [3.8, 4) is 11.3 Å². The first-order valence-electron chi connectivity index (χ1n) is 9.30. The van der Waals surface area contributed by atoms with Crippen molar-refractivity contribution in [1.82, 2.24) is 4.57 Å². The quantitative estimate of drug-likeness (QED) is 0.547. The molecule has 1 aliphatic heterocycles. The Morgan fingerprint density at radius 1 is 1.11 bits per heavy atom. The highest BCUT2D eigenvalue weighted by Crippen LogP contribution is 2.25. The van der Waals surface area contributed by atoms with Gasteiger partial charge in [0.15, 0.2) is 18.0 Å². The van der Waals surface area contributed by atoms with E-state index in [4.69, 9.17) is 0 Å². The van der Waals surface area contributed by atoms with Crippen molar-refractivity contribution in [2.45, 2.75) is 32.9 Å². The van der Waals surface area contributed by atoms with Crippen LogP contribution >= 0.6 is 0 Å². The number of amides is 1. The first kappa shape index (κ1) is 18.1. The molecule has 2 heterocycles.